The Bertz CT molecular complexity index is 756. The molecular weight excluding hydrogens is 251 g/mol. The van der Waals surface area contributed by atoms with Crippen LogP contribution in [0.5, 0.6) is 0 Å². The highest BCUT2D eigenvalue weighted by Crippen LogP contribution is 2.37. The molecule has 0 aliphatic carbocycles. The minimum Gasteiger partial charge on any atom is -0.451 e. The van der Waals surface area contributed by atoms with Crippen LogP contribution in [0, 0.1) is 0 Å². The number of rotatable bonds is 1. The number of aromatic nitrogens is 2. The lowest BCUT2D eigenvalue weighted by atomic mass is 9.88. The van der Waals surface area contributed by atoms with Gasteiger partial charge in [0.25, 0.3) is 0 Å². The molecule has 19 heavy (non-hydrogen) atoms. The first-order valence-corrected chi connectivity index (χ1v) is 5.82. The maximum absolute atomic E-state index is 14.4. The third kappa shape index (κ3) is 1.21. The number of fused-ring (bicyclic) bond motifs is 2. The molecular formula is C12H8BF2N3O. The van der Waals surface area contributed by atoms with Crippen molar-refractivity contribution in [1.82, 2.24) is 9.46 Å². The van der Waals surface area contributed by atoms with Crippen molar-refractivity contribution in [1.29, 1.82) is 0 Å². The van der Waals surface area contributed by atoms with Gasteiger partial charge in [0, 0.05) is 17.8 Å². The minimum atomic E-state index is -3.84. The summed E-state index contributed by atoms with van der Waals surface area (Å²) in [6, 6.07) is 3.27. The van der Waals surface area contributed by atoms with Crippen LogP contribution in [0.2, 0.25) is 0 Å². The fourth-order valence-electron chi connectivity index (χ4n) is 2.62. The monoisotopic (exact) mass is 259 g/mol. The van der Waals surface area contributed by atoms with Gasteiger partial charge in [0.1, 0.15) is 18.2 Å². The predicted molar refractivity (Wildman–Crippen MR) is 65.8 cm³/mol. The Morgan fingerprint density at radius 2 is 2.26 bits per heavy atom. The molecule has 94 valence electrons. The van der Waals surface area contributed by atoms with Gasteiger partial charge in [-0.2, -0.15) is 0 Å². The first-order chi connectivity index (χ1) is 9.19. The lowest BCUT2D eigenvalue weighted by molar-refractivity contribution is -0.356. The molecule has 0 unspecified atom stereocenters. The average molecular weight is 259 g/mol. The van der Waals surface area contributed by atoms with Crippen molar-refractivity contribution in [2.75, 3.05) is 0 Å². The summed E-state index contributed by atoms with van der Waals surface area (Å²) in [7, 11) is 0. The van der Waals surface area contributed by atoms with Crippen molar-refractivity contribution in [2.24, 2.45) is 0 Å². The van der Waals surface area contributed by atoms with Gasteiger partial charge in [-0.3, -0.25) is 0 Å². The zero-order valence-electron chi connectivity index (χ0n) is 9.70. The lowest BCUT2D eigenvalue weighted by Gasteiger charge is -2.30. The third-order valence-corrected chi connectivity index (χ3v) is 3.43. The molecule has 0 aromatic carbocycles. The fraction of sp³-hybridized carbons (Fsp3) is 0. The Balaban J connectivity index is 2.09. The molecule has 0 radical (unpaired) electrons. The summed E-state index contributed by atoms with van der Waals surface area (Å²) in [5, 5.41) is 0. The van der Waals surface area contributed by atoms with E-state index in [0.29, 0.717) is 22.7 Å². The summed E-state index contributed by atoms with van der Waals surface area (Å²) in [6.07, 6.45) is 8.80. The van der Waals surface area contributed by atoms with Crippen molar-refractivity contribution in [3.8, 4) is 0 Å². The molecule has 7 heteroatoms. The van der Waals surface area contributed by atoms with E-state index < -0.39 is 6.97 Å². The van der Waals surface area contributed by atoms with Crippen LogP contribution in [0.1, 0.15) is 11.4 Å². The van der Waals surface area contributed by atoms with Gasteiger partial charge >= 0.3 is 6.97 Å². The van der Waals surface area contributed by atoms with Gasteiger partial charge in [0.05, 0.1) is 5.57 Å². The van der Waals surface area contributed by atoms with Crippen LogP contribution in [0.25, 0.3) is 5.57 Å². The van der Waals surface area contributed by atoms with Crippen molar-refractivity contribution in [3.63, 3.8) is 0 Å². The van der Waals surface area contributed by atoms with E-state index in [0.717, 1.165) is 8.96 Å². The van der Waals surface area contributed by atoms with Gasteiger partial charge < -0.3 is 22.0 Å². The van der Waals surface area contributed by atoms with E-state index in [4.69, 9.17) is 4.42 Å². The molecule has 0 saturated heterocycles. The zero-order valence-corrected chi connectivity index (χ0v) is 9.70. The summed E-state index contributed by atoms with van der Waals surface area (Å²) < 4.78 is 35.8. The second-order valence-electron chi connectivity index (χ2n) is 4.44. The highest BCUT2D eigenvalue weighted by molar-refractivity contribution is 6.57. The first-order valence-electron chi connectivity index (χ1n) is 5.82. The number of hydrogen-bond acceptors (Lipinski definition) is 2. The second kappa shape index (κ2) is 3.31. The maximum atomic E-state index is 14.4. The van der Waals surface area contributed by atoms with Gasteiger partial charge in [0.15, 0.2) is 12.1 Å². The highest BCUT2D eigenvalue weighted by Gasteiger charge is 2.51. The van der Waals surface area contributed by atoms with Crippen LogP contribution in [-0.4, -0.2) is 27.1 Å². The molecule has 4 heterocycles. The van der Waals surface area contributed by atoms with Crippen LogP contribution in [0.4, 0.5) is 8.63 Å². The summed E-state index contributed by atoms with van der Waals surface area (Å²) in [5.74, 6) is 0. The van der Waals surface area contributed by atoms with E-state index in [2.05, 4.69) is 4.98 Å². The smallest absolute Gasteiger partial charge is 0.451 e. The van der Waals surface area contributed by atoms with Gasteiger partial charge in [-0.15, -0.1) is 0 Å². The van der Waals surface area contributed by atoms with Crippen LogP contribution in [-0.2, 0) is 0 Å². The average Bonchev–Trinajstić information content (AvgIpc) is 3.11. The molecule has 2 aromatic rings. The first kappa shape index (κ1) is 10.5. The topological polar surface area (TPSA) is 34.0 Å². The summed E-state index contributed by atoms with van der Waals surface area (Å²) >= 11 is 0. The zero-order chi connectivity index (χ0) is 13.0. The van der Waals surface area contributed by atoms with Crippen molar-refractivity contribution in [2.45, 2.75) is 0 Å². The van der Waals surface area contributed by atoms with E-state index in [9.17, 15) is 8.63 Å². The van der Waals surface area contributed by atoms with Gasteiger partial charge in [0.2, 0.25) is 0 Å². The quantitative estimate of drug-likeness (QED) is 0.735. The number of nitrogens with zero attached hydrogens (tertiary/aromatic N) is 3. The number of allylic oxidation sites excluding steroid dienone is 2. The van der Waals surface area contributed by atoms with E-state index >= 15 is 0 Å². The SMILES string of the molecule is F[B-]1(F)n2cccc2C(c2cocn2)=C2C=CC=[N+]21. The standard InChI is InChI=1S/C12H8BF2N3O/c14-13(15)17-5-1-3-10(17)12(9-7-19-8-16-9)11-4-2-6-18(11)13/h1-8H. The Labute approximate surface area is 107 Å². The second-order valence-corrected chi connectivity index (χ2v) is 4.44. The molecule has 0 spiro atoms. The molecule has 0 saturated carbocycles. The number of halogens is 2. The molecule has 4 nitrogen and oxygen atoms in total. The number of oxazole rings is 1. The van der Waals surface area contributed by atoms with Gasteiger partial charge in [-0.05, 0) is 18.3 Å². The molecule has 2 aliphatic rings. The van der Waals surface area contributed by atoms with Crippen LogP contribution < -0.4 is 0 Å². The minimum absolute atomic E-state index is 0.449. The summed E-state index contributed by atoms with van der Waals surface area (Å²) in [6.45, 7) is -3.84. The molecule has 2 aromatic heterocycles. The largest absolute Gasteiger partial charge is 0.737 e. The Morgan fingerprint density at radius 1 is 1.37 bits per heavy atom. The summed E-state index contributed by atoms with van der Waals surface area (Å²) in [5.41, 5.74) is 2.10. The van der Waals surface area contributed by atoms with E-state index in [1.807, 2.05) is 0 Å². The third-order valence-electron chi connectivity index (χ3n) is 3.43. The molecule has 2 aliphatic heterocycles. The Kier molecular flexibility index (Phi) is 1.83. The maximum Gasteiger partial charge on any atom is 0.737 e. The predicted octanol–water partition coefficient (Wildman–Crippen LogP) is 2.12. The molecule has 0 atom stereocenters. The van der Waals surface area contributed by atoms with Gasteiger partial charge in [-0.1, -0.05) is 0 Å². The molecule has 0 bridgehead atoms. The molecule has 0 amide bonds. The van der Waals surface area contributed by atoms with E-state index in [1.54, 1.807) is 24.3 Å². The molecule has 4 rings (SSSR count). The number of hydrogen-bond donors (Lipinski definition) is 0. The Morgan fingerprint density at radius 3 is 3.05 bits per heavy atom. The van der Waals surface area contributed by atoms with E-state index in [1.165, 1.54) is 25.1 Å². The van der Waals surface area contributed by atoms with Gasteiger partial charge in [-0.25, -0.2) is 4.98 Å². The molecule has 0 N–H and O–H groups in total. The van der Waals surface area contributed by atoms with E-state index in [-0.39, 0.29) is 0 Å². The summed E-state index contributed by atoms with van der Waals surface area (Å²) in [4.78, 5) is 4.08. The normalized spacial score (nSPS) is 19.4. The highest BCUT2D eigenvalue weighted by atomic mass is 19.2. The van der Waals surface area contributed by atoms with Crippen LogP contribution >= 0.6 is 0 Å². The Hall–Kier alpha value is -2.44. The molecule has 0 fully saturated rings. The van der Waals surface area contributed by atoms with Crippen LogP contribution in [0.15, 0.2) is 53.3 Å². The van der Waals surface area contributed by atoms with Crippen molar-refractivity contribution >= 4 is 18.8 Å². The lowest BCUT2D eigenvalue weighted by Crippen LogP contribution is -2.49. The van der Waals surface area contributed by atoms with Crippen molar-refractivity contribution in [3.05, 3.63) is 60.2 Å². The van der Waals surface area contributed by atoms with Crippen LogP contribution in [0.3, 0.4) is 0 Å². The van der Waals surface area contributed by atoms with Crippen molar-refractivity contribution < 1.29 is 17.5 Å². The fourth-order valence-corrected chi connectivity index (χ4v) is 2.62.